The number of amides is 1. The first-order valence-electron chi connectivity index (χ1n) is 7.05. The van der Waals surface area contributed by atoms with Crippen LogP contribution in [-0.4, -0.2) is 46.7 Å². The molecule has 1 saturated heterocycles. The van der Waals surface area contributed by atoms with Crippen LogP contribution >= 0.6 is 0 Å². The molecular formula is C14H22N4O. The fourth-order valence-corrected chi connectivity index (χ4v) is 2.76. The molecule has 19 heavy (non-hydrogen) atoms. The summed E-state index contributed by atoms with van der Waals surface area (Å²) in [7, 11) is 0. The highest BCUT2D eigenvalue weighted by Gasteiger charge is 2.30. The number of hydrogen-bond donors (Lipinski definition) is 1. The van der Waals surface area contributed by atoms with E-state index in [9.17, 15) is 4.79 Å². The largest absolute Gasteiger partial charge is 0.338 e. The Morgan fingerprint density at radius 2 is 2.32 bits per heavy atom. The molecule has 0 radical (unpaired) electrons. The van der Waals surface area contributed by atoms with Crippen molar-refractivity contribution >= 4 is 5.91 Å². The predicted molar refractivity (Wildman–Crippen MR) is 73.8 cm³/mol. The fourth-order valence-electron chi connectivity index (χ4n) is 2.76. The summed E-state index contributed by atoms with van der Waals surface area (Å²) >= 11 is 0. The van der Waals surface area contributed by atoms with E-state index in [4.69, 9.17) is 0 Å². The van der Waals surface area contributed by atoms with Crippen molar-refractivity contribution in [1.29, 1.82) is 0 Å². The molecule has 0 saturated carbocycles. The Hall–Kier alpha value is -1.49. The molecule has 0 aliphatic carbocycles. The quantitative estimate of drug-likeness (QED) is 0.889. The zero-order chi connectivity index (χ0) is 13.7. The maximum atomic E-state index is 12.4. The maximum Gasteiger partial charge on any atom is 0.255 e. The predicted octanol–water partition coefficient (Wildman–Crippen LogP) is 1.33. The van der Waals surface area contributed by atoms with Crippen LogP contribution in [0.4, 0.5) is 0 Å². The van der Waals surface area contributed by atoms with Gasteiger partial charge in [0.05, 0.1) is 18.0 Å². The van der Waals surface area contributed by atoms with Gasteiger partial charge in [0.2, 0.25) is 0 Å². The number of carbonyl (C=O) groups is 1. The van der Waals surface area contributed by atoms with Gasteiger partial charge in [-0.05, 0) is 24.9 Å². The van der Waals surface area contributed by atoms with E-state index < -0.39 is 0 Å². The van der Waals surface area contributed by atoms with Crippen molar-refractivity contribution in [3.05, 3.63) is 24.0 Å². The molecule has 2 rings (SSSR count). The van der Waals surface area contributed by atoms with E-state index in [1.54, 1.807) is 18.5 Å². The van der Waals surface area contributed by atoms with Gasteiger partial charge in [0.1, 0.15) is 0 Å². The van der Waals surface area contributed by atoms with Gasteiger partial charge in [0.15, 0.2) is 0 Å². The van der Waals surface area contributed by atoms with E-state index >= 15 is 0 Å². The van der Waals surface area contributed by atoms with Gasteiger partial charge >= 0.3 is 0 Å². The van der Waals surface area contributed by atoms with Gasteiger partial charge in [0, 0.05) is 19.1 Å². The smallest absolute Gasteiger partial charge is 0.255 e. The number of likely N-dealkylation sites (tertiary alicyclic amines) is 1. The van der Waals surface area contributed by atoms with Gasteiger partial charge < -0.3 is 10.2 Å². The molecule has 2 atom stereocenters. The zero-order valence-electron chi connectivity index (χ0n) is 11.7. The third-order valence-corrected chi connectivity index (χ3v) is 3.84. The van der Waals surface area contributed by atoms with Crippen LogP contribution in [0.1, 0.15) is 37.0 Å². The highest BCUT2D eigenvalue weighted by molar-refractivity contribution is 5.93. The van der Waals surface area contributed by atoms with Crippen LogP contribution in [0.25, 0.3) is 0 Å². The van der Waals surface area contributed by atoms with E-state index in [-0.39, 0.29) is 5.91 Å². The zero-order valence-corrected chi connectivity index (χ0v) is 11.7. The second kappa shape index (κ2) is 6.61. The topological polar surface area (TPSA) is 58.1 Å². The van der Waals surface area contributed by atoms with E-state index in [0.717, 1.165) is 32.5 Å². The summed E-state index contributed by atoms with van der Waals surface area (Å²) in [6.45, 7) is 6.96. The van der Waals surface area contributed by atoms with Crippen molar-refractivity contribution < 1.29 is 4.79 Å². The minimum Gasteiger partial charge on any atom is -0.338 e. The highest BCUT2D eigenvalue weighted by atomic mass is 16.2. The van der Waals surface area contributed by atoms with Crippen LogP contribution in [0, 0.1) is 5.92 Å². The second-order valence-electron chi connectivity index (χ2n) is 5.00. The van der Waals surface area contributed by atoms with Crippen LogP contribution < -0.4 is 5.32 Å². The molecule has 1 fully saturated rings. The number of nitrogens with zero attached hydrogens (tertiary/aromatic N) is 3. The Balaban J connectivity index is 2.02. The summed E-state index contributed by atoms with van der Waals surface area (Å²) in [6.07, 6.45) is 5.22. The summed E-state index contributed by atoms with van der Waals surface area (Å²) in [5, 5.41) is 11.0. The average Bonchev–Trinajstić information content (AvgIpc) is 2.48. The van der Waals surface area contributed by atoms with E-state index in [1.807, 2.05) is 4.90 Å². The number of nitrogens with one attached hydrogen (secondary N) is 1. The molecule has 1 amide bonds. The molecule has 1 aromatic heterocycles. The summed E-state index contributed by atoms with van der Waals surface area (Å²) in [5.74, 6) is 0.607. The molecule has 5 heteroatoms. The van der Waals surface area contributed by atoms with Gasteiger partial charge in [0.25, 0.3) is 5.91 Å². The van der Waals surface area contributed by atoms with E-state index in [2.05, 4.69) is 29.4 Å². The Labute approximate surface area is 114 Å². The molecule has 104 valence electrons. The number of hydrogen-bond acceptors (Lipinski definition) is 4. The maximum absolute atomic E-state index is 12.4. The number of aromatic nitrogens is 2. The normalized spacial score (nSPS) is 23.4. The van der Waals surface area contributed by atoms with E-state index in [0.29, 0.717) is 17.5 Å². The lowest BCUT2D eigenvalue weighted by Crippen LogP contribution is -2.50. The minimum absolute atomic E-state index is 0.0725. The molecule has 2 unspecified atom stereocenters. The molecule has 0 bridgehead atoms. The number of rotatable bonds is 4. The lowest BCUT2D eigenvalue weighted by Gasteiger charge is -2.38. The Morgan fingerprint density at radius 1 is 1.47 bits per heavy atom. The monoisotopic (exact) mass is 262 g/mol. The first-order valence-corrected chi connectivity index (χ1v) is 7.05. The van der Waals surface area contributed by atoms with Crippen LogP contribution in [0.5, 0.6) is 0 Å². The first-order chi connectivity index (χ1) is 9.26. The Kier molecular flexibility index (Phi) is 4.85. The average molecular weight is 262 g/mol. The summed E-state index contributed by atoms with van der Waals surface area (Å²) in [4.78, 5) is 14.3. The van der Waals surface area contributed by atoms with Crippen LogP contribution in [0.2, 0.25) is 0 Å². The van der Waals surface area contributed by atoms with Gasteiger partial charge in [-0.15, -0.1) is 0 Å². The number of carbonyl (C=O) groups excluding carboxylic acids is 1. The fraction of sp³-hybridized carbons (Fsp3) is 0.643. The van der Waals surface area contributed by atoms with Crippen molar-refractivity contribution in [1.82, 2.24) is 20.4 Å². The molecule has 1 aliphatic rings. The molecule has 0 spiro atoms. The third kappa shape index (κ3) is 3.29. The Morgan fingerprint density at radius 3 is 2.95 bits per heavy atom. The molecule has 1 aromatic rings. The van der Waals surface area contributed by atoms with Crippen molar-refractivity contribution in [2.24, 2.45) is 5.92 Å². The standard InChI is InChI=1S/C14H22N4O/c1-3-11-10-18(8-6-13(11)15-4-2)14(19)12-5-7-16-17-9-12/h5,7,9,11,13,15H,3-4,6,8,10H2,1-2H3. The van der Waals surface area contributed by atoms with Crippen molar-refractivity contribution in [2.45, 2.75) is 32.7 Å². The summed E-state index contributed by atoms with van der Waals surface area (Å²) in [5.41, 5.74) is 0.631. The van der Waals surface area contributed by atoms with Crippen molar-refractivity contribution in [3.8, 4) is 0 Å². The molecule has 1 N–H and O–H groups in total. The van der Waals surface area contributed by atoms with Gasteiger partial charge in [-0.3, -0.25) is 4.79 Å². The van der Waals surface area contributed by atoms with Gasteiger partial charge in [-0.2, -0.15) is 10.2 Å². The van der Waals surface area contributed by atoms with Crippen molar-refractivity contribution in [2.75, 3.05) is 19.6 Å². The lowest BCUT2D eigenvalue weighted by atomic mass is 9.89. The highest BCUT2D eigenvalue weighted by Crippen LogP contribution is 2.21. The molecule has 2 heterocycles. The molecule has 0 aromatic carbocycles. The summed E-state index contributed by atoms with van der Waals surface area (Å²) in [6, 6.07) is 2.27. The first kappa shape index (κ1) is 13.9. The second-order valence-corrected chi connectivity index (χ2v) is 5.00. The SMILES string of the molecule is CCNC1CCN(C(=O)c2ccnnc2)CC1CC. The van der Waals surface area contributed by atoms with Gasteiger partial charge in [-0.25, -0.2) is 0 Å². The summed E-state index contributed by atoms with van der Waals surface area (Å²) < 4.78 is 0. The molecular weight excluding hydrogens is 240 g/mol. The van der Waals surface area contributed by atoms with Crippen LogP contribution in [0.3, 0.4) is 0 Å². The van der Waals surface area contributed by atoms with Crippen LogP contribution in [0.15, 0.2) is 18.5 Å². The molecule has 5 nitrogen and oxygen atoms in total. The van der Waals surface area contributed by atoms with E-state index in [1.165, 1.54) is 0 Å². The van der Waals surface area contributed by atoms with Crippen molar-refractivity contribution in [3.63, 3.8) is 0 Å². The third-order valence-electron chi connectivity index (χ3n) is 3.84. The molecule has 1 aliphatic heterocycles. The number of piperidine rings is 1. The Bertz CT molecular complexity index is 409. The minimum atomic E-state index is 0.0725. The van der Waals surface area contributed by atoms with Gasteiger partial charge in [-0.1, -0.05) is 20.3 Å². The lowest BCUT2D eigenvalue weighted by molar-refractivity contribution is 0.0627. The van der Waals surface area contributed by atoms with Crippen LogP contribution in [-0.2, 0) is 0 Å².